The first-order chi connectivity index (χ1) is 12.7. The molecule has 166 valence electrons. The van der Waals surface area contributed by atoms with Crippen LogP contribution < -0.4 is 5.32 Å². The van der Waals surface area contributed by atoms with Crippen molar-refractivity contribution in [1.82, 2.24) is 10.2 Å². The summed E-state index contributed by atoms with van der Waals surface area (Å²) in [6, 6.07) is -0.934. The van der Waals surface area contributed by atoms with Gasteiger partial charge in [0, 0.05) is 6.54 Å². The Morgan fingerprint density at radius 2 is 1.96 bits per heavy atom. The molecule has 2 rings (SSSR count). The van der Waals surface area contributed by atoms with Gasteiger partial charge < -0.3 is 25.4 Å². The standard InChI is InChI=1S/C18H33ClN2O5S.ClH/c1-5-6-10-7-11(21(3)8-10)17(25)20-12(9(2)19)16-14(23)13(22)15(24)18(26-16)27-4;/h9-16,18,22-24H,5-8H2,1-4H3,(H,20,25);1H/t9?,10?,11-,12?,13-,14-,15?,16?,18-;/m1./s1. The topological polar surface area (TPSA) is 102 Å². The van der Waals surface area contributed by atoms with Gasteiger partial charge in [0.15, 0.2) is 0 Å². The molecule has 2 aliphatic rings. The second-order valence-corrected chi connectivity index (χ2v) is 9.36. The number of hydrogen-bond donors (Lipinski definition) is 4. The van der Waals surface area contributed by atoms with Crippen molar-refractivity contribution in [1.29, 1.82) is 0 Å². The van der Waals surface area contributed by atoms with Gasteiger partial charge in [-0.05, 0) is 39.0 Å². The number of aliphatic hydroxyl groups is 3. The minimum atomic E-state index is -1.36. The van der Waals surface area contributed by atoms with Crippen molar-refractivity contribution in [2.75, 3.05) is 19.8 Å². The van der Waals surface area contributed by atoms with E-state index in [1.165, 1.54) is 11.8 Å². The lowest BCUT2D eigenvalue weighted by Crippen LogP contribution is -2.65. The normalized spacial score (nSPS) is 38.5. The number of carbonyl (C=O) groups is 1. The minimum absolute atomic E-state index is 0. The Morgan fingerprint density at radius 3 is 2.50 bits per heavy atom. The third-order valence-electron chi connectivity index (χ3n) is 5.63. The van der Waals surface area contributed by atoms with Crippen LogP contribution in [-0.4, -0.2) is 93.3 Å². The maximum atomic E-state index is 12.9. The van der Waals surface area contributed by atoms with Crippen molar-refractivity contribution < 1.29 is 24.9 Å². The van der Waals surface area contributed by atoms with Crippen molar-refractivity contribution in [3.63, 3.8) is 0 Å². The van der Waals surface area contributed by atoms with E-state index in [2.05, 4.69) is 12.2 Å². The third-order valence-corrected chi connectivity index (χ3v) is 6.76. The maximum absolute atomic E-state index is 12.9. The van der Waals surface area contributed by atoms with E-state index in [4.69, 9.17) is 16.3 Å². The SMILES string of the molecule is CCCC1C[C@H](C(=O)NC(C(C)Cl)C2O[C@H](SC)C(O)[C@H](O)[C@H]2O)N(C)C1.Cl. The summed E-state index contributed by atoms with van der Waals surface area (Å²) in [5, 5.41) is 33.0. The highest BCUT2D eigenvalue weighted by Crippen LogP contribution is 2.31. The molecule has 1 amide bonds. The minimum Gasteiger partial charge on any atom is -0.388 e. The molecule has 28 heavy (non-hydrogen) atoms. The van der Waals surface area contributed by atoms with E-state index in [1.54, 1.807) is 13.2 Å². The number of likely N-dealkylation sites (tertiary alicyclic amines) is 1. The maximum Gasteiger partial charge on any atom is 0.237 e. The number of likely N-dealkylation sites (N-methyl/N-ethyl adjacent to an activating group) is 1. The summed E-state index contributed by atoms with van der Waals surface area (Å²) >= 11 is 7.55. The Bertz CT molecular complexity index is 503. The van der Waals surface area contributed by atoms with E-state index >= 15 is 0 Å². The van der Waals surface area contributed by atoms with Gasteiger partial charge in [-0.1, -0.05) is 13.3 Å². The molecule has 0 aromatic carbocycles. The highest BCUT2D eigenvalue weighted by molar-refractivity contribution is 7.99. The molecule has 9 atom stereocenters. The zero-order valence-electron chi connectivity index (χ0n) is 16.8. The van der Waals surface area contributed by atoms with Gasteiger partial charge in [0.2, 0.25) is 5.91 Å². The lowest BCUT2D eigenvalue weighted by Gasteiger charge is -2.44. The molecule has 10 heteroatoms. The molecule has 0 radical (unpaired) electrons. The molecule has 0 spiro atoms. The number of alkyl halides is 1. The van der Waals surface area contributed by atoms with Crippen LogP contribution >= 0.6 is 35.8 Å². The zero-order valence-corrected chi connectivity index (χ0v) is 19.2. The fourth-order valence-corrected chi connectivity index (χ4v) is 5.00. The van der Waals surface area contributed by atoms with E-state index in [9.17, 15) is 20.1 Å². The van der Waals surface area contributed by atoms with Crippen LogP contribution in [0.2, 0.25) is 0 Å². The summed E-state index contributed by atoms with van der Waals surface area (Å²) < 4.78 is 5.79. The van der Waals surface area contributed by atoms with Crippen molar-refractivity contribution >= 4 is 41.7 Å². The summed E-state index contributed by atoms with van der Waals surface area (Å²) in [5.74, 6) is 0.350. The predicted octanol–water partition coefficient (Wildman–Crippen LogP) is 0.811. The number of halogens is 2. The van der Waals surface area contributed by atoms with Crippen LogP contribution in [0.5, 0.6) is 0 Å². The monoisotopic (exact) mass is 460 g/mol. The van der Waals surface area contributed by atoms with Crippen LogP contribution in [-0.2, 0) is 9.53 Å². The number of aliphatic hydroxyl groups excluding tert-OH is 3. The van der Waals surface area contributed by atoms with Gasteiger partial charge >= 0.3 is 0 Å². The van der Waals surface area contributed by atoms with E-state index in [1.807, 2.05) is 11.9 Å². The molecule has 0 saturated carbocycles. The van der Waals surface area contributed by atoms with Gasteiger partial charge in [-0.3, -0.25) is 9.69 Å². The number of rotatable bonds is 7. The second-order valence-electron chi connectivity index (χ2n) is 7.73. The molecule has 2 aliphatic heterocycles. The first-order valence-corrected chi connectivity index (χ1v) is 11.3. The van der Waals surface area contributed by atoms with Gasteiger partial charge in [0.1, 0.15) is 29.9 Å². The van der Waals surface area contributed by atoms with E-state index in [0.717, 1.165) is 25.8 Å². The molecular formula is C18H34Cl2N2O5S. The molecule has 0 bridgehead atoms. The summed E-state index contributed by atoms with van der Waals surface area (Å²) in [4.78, 5) is 14.9. The Labute approximate surface area is 182 Å². The van der Waals surface area contributed by atoms with Gasteiger partial charge in [-0.25, -0.2) is 0 Å². The zero-order chi connectivity index (χ0) is 20.3. The molecule has 5 unspecified atom stereocenters. The van der Waals surface area contributed by atoms with Gasteiger partial charge in [-0.2, -0.15) is 0 Å². The van der Waals surface area contributed by atoms with Crippen molar-refractivity contribution in [3.05, 3.63) is 0 Å². The lowest BCUT2D eigenvalue weighted by molar-refractivity contribution is -0.205. The predicted molar refractivity (Wildman–Crippen MR) is 114 cm³/mol. The number of thioether (sulfide) groups is 1. The van der Waals surface area contributed by atoms with Crippen molar-refractivity contribution in [2.24, 2.45) is 5.92 Å². The van der Waals surface area contributed by atoms with E-state index in [0.29, 0.717) is 5.92 Å². The van der Waals surface area contributed by atoms with Crippen LogP contribution in [0.25, 0.3) is 0 Å². The molecule has 0 aliphatic carbocycles. The van der Waals surface area contributed by atoms with Crippen LogP contribution in [0.3, 0.4) is 0 Å². The number of nitrogens with zero attached hydrogens (tertiary/aromatic N) is 1. The molecule has 2 heterocycles. The highest BCUT2D eigenvalue weighted by atomic mass is 35.5. The Kier molecular flexibility index (Phi) is 10.8. The molecule has 0 aromatic rings. The summed E-state index contributed by atoms with van der Waals surface area (Å²) in [7, 11) is 1.94. The van der Waals surface area contributed by atoms with Gasteiger partial charge in [0.05, 0.1) is 17.5 Å². The first kappa shape index (κ1) is 26.2. The third kappa shape index (κ3) is 5.88. The quantitative estimate of drug-likeness (QED) is 0.416. The fraction of sp³-hybridized carbons (Fsp3) is 0.944. The number of amides is 1. The van der Waals surface area contributed by atoms with Crippen LogP contribution in [0.1, 0.15) is 33.1 Å². The summed E-state index contributed by atoms with van der Waals surface area (Å²) in [6.07, 6.45) is -0.0980. The number of ether oxygens (including phenoxy) is 1. The fourth-order valence-electron chi connectivity index (χ4n) is 4.11. The average Bonchev–Trinajstić information content (AvgIpc) is 2.99. The first-order valence-electron chi connectivity index (χ1n) is 9.58. The van der Waals surface area contributed by atoms with Gasteiger partial charge in [-0.15, -0.1) is 35.8 Å². The Morgan fingerprint density at radius 1 is 1.32 bits per heavy atom. The largest absolute Gasteiger partial charge is 0.388 e. The van der Waals surface area contributed by atoms with Crippen molar-refractivity contribution in [3.8, 4) is 0 Å². The highest BCUT2D eigenvalue weighted by Gasteiger charge is 2.48. The summed E-state index contributed by atoms with van der Waals surface area (Å²) in [6.45, 7) is 4.74. The number of carbonyl (C=O) groups excluding carboxylic acids is 1. The lowest BCUT2D eigenvalue weighted by atomic mass is 9.92. The van der Waals surface area contributed by atoms with Gasteiger partial charge in [0.25, 0.3) is 0 Å². The van der Waals surface area contributed by atoms with E-state index < -0.39 is 41.3 Å². The molecule has 4 N–H and O–H groups in total. The second kappa shape index (κ2) is 11.6. The van der Waals surface area contributed by atoms with Crippen LogP contribution in [0.4, 0.5) is 0 Å². The molecule has 2 fully saturated rings. The number of nitrogens with one attached hydrogen (secondary N) is 1. The average molecular weight is 461 g/mol. The van der Waals surface area contributed by atoms with Crippen molar-refractivity contribution in [2.45, 2.75) is 80.4 Å². The van der Waals surface area contributed by atoms with E-state index in [-0.39, 0.29) is 24.4 Å². The number of hydrogen-bond acceptors (Lipinski definition) is 7. The Hall–Kier alpha value is 0.200. The molecular weight excluding hydrogens is 427 g/mol. The molecule has 0 aromatic heterocycles. The summed E-state index contributed by atoms with van der Waals surface area (Å²) in [5.41, 5.74) is -0.702. The Balaban J connectivity index is 0.00000392. The van der Waals surface area contributed by atoms with Crippen LogP contribution in [0, 0.1) is 5.92 Å². The smallest absolute Gasteiger partial charge is 0.237 e. The molecule has 7 nitrogen and oxygen atoms in total. The van der Waals surface area contributed by atoms with Crippen LogP contribution in [0.15, 0.2) is 0 Å². The molecule has 2 saturated heterocycles.